The molecule has 1 atom stereocenters. The first kappa shape index (κ1) is 22.2. The van der Waals surface area contributed by atoms with Crippen LogP contribution >= 0.6 is 0 Å². The van der Waals surface area contributed by atoms with Crippen molar-refractivity contribution >= 4 is 17.4 Å². The summed E-state index contributed by atoms with van der Waals surface area (Å²) < 4.78 is 11.1. The Kier molecular flexibility index (Phi) is 6.49. The van der Waals surface area contributed by atoms with E-state index in [4.69, 9.17) is 9.15 Å². The molecule has 1 saturated heterocycles. The van der Waals surface area contributed by atoms with E-state index in [9.17, 15) is 19.8 Å². The van der Waals surface area contributed by atoms with E-state index in [2.05, 4.69) is 6.92 Å². The molecule has 1 aromatic heterocycles. The first-order valence-electron chi connectivity index (χ1n) is 10.8. The normalized spacial score (nSPS) is 17.5. The van der Waals surface area contributed by atoms with E-state index in [0.29, 0.717) is 29.2 Å². The summed E-state index contributed by atoms with van der Waals surface area (Å²) in [6, 6.07) is 15.6. The lowest BCUT2D eigenvalue weighted by Gasteiger charge is -2.24. The van der Waals surface area contributed by atoms with Gasteiger partial charge in [-0.05, 0) is 48.4 Å². The Balaban J connectivity index is 1.79. The summed E-state index contributed by atoms with van der Waals surface area (Å²) in [6.07, 6.45) is 3.37. The van der Waals surface area contributed by atoms with Gasteiger partial charge in [-0.1, -0.05) is 37.6 Å². The maximum absolute atomic E-state index is 13.1. The van der Waals surface area contributed by atoms with Crippen molar-refractivity contribution in [1.82, 2.24) is 4.90 Å². The Labute approximate surface area is 191 Å². The van der Waals surface area contributed by atoms with Gasteiger partial charge in [-0.2, -0.15) is 0 Å². The van der Waals surface area contributed by atoms with Crippen LogP contribution in [0.3, 0.4) is 0 Å². The van der Waals surface area contributed by atoms with Crippen LogP contribution < -0.4 is 4.74 Å². The molecule has 2 N–H and O–H groups in total. The van der Waals surface area contributed by atoms with Crippen molar-refractivity contribution in [3.05, 3.63) is 89.4 Å². The second-order valence-electron chi connectivity index (χ2n) is 7.83. The fraction of sp³-hybridized carbons (Fsp3) is 0.231. The van der Waals surface area contributed by atoms with Gasteiger partial charge in [0.25, 0.3) is 11.7 Å². The molecule has 4 rings (SSSR count). The van der Waals surface area contributed by atoms with Gasteiger partial charge >= 0.3 is 0 Å². The molecule has 0 radical (unpaired) electrons. The second kappa shape index (κ2) is 9.65. The molecular formula is C26H25NO6. The number of phenols is 1. The van der Waals surface area contributed by atoms with Gasteiger partial charge in [-0.25, -0.2) is 0 Å². The third kappa shape index (κ3) is 4.62. The van der Waals surface area contributed by atoms with Gasteiger partial charge < -0.3 is 24.3 Å². The van der Waals surface area contributed by atoms with E-state index in [1.165, 1.54) is 23.3 Å². The topological polar surface area (TPSA) is 100 Å². The number of ketones is 1. The van der Waals surface area contributed by atoms with Crippen molar-refractivity contribution in [2.75, 3.05) is 6.61 Å². The lowest BCUT2D eigenvalue weighted by molar-refractivity contribution is -0.140. The zero-order chi connectivity index (χ0) is 23.4. The number of unbranched alkanes of at least 4 members (excludes halogenated alkanes) is 1. The van der Waals surface area contributed by atoms with Gasteiger partial charge in [0.2, 0.25) is 0 Å². The summed E-state index contributed by atoms with van der Waals surface area (Å²) in [6.45, 7) is 2.64. The summed E-state index contributed by atoms with van der Waals surface area (Å²) in [7, 11) is 0. The van der Waals surface area contributed by atoms with Gasteiger partial charge in [-0.3, -0.25) is 9.59 Å². The monoisotopic (exact) mass is 447 g/mol. The molecule has 0 aliphatic carbocycles. The SMILES string of the molecule is CCCCOc1cccc(/C(O)=C2\C(=O)C(=O)N(Cc3ccco3)C2c2cccc(O)c2)c1. The highest BCUT2D eigenvalue weighted by molar-refractivity contribution is 6.46. The summed E-state index contributed by atoms with van der Waals surface area (Å²) >= 11 is 0. The average Bonchev–Trinajstić information content (AvgIpc) is 3.41. The number of hydrogen-bond donors (Lipinski definition) is 2. The first-order valence-corrected chi connectivity index (χ1v) is 10.8. The number of likely N-dealkylation sites (tertiary alicyclic amines) is 1. The van der Waals surface area contributed by atoms with E-state index in [0.717, 1.165) is 12.8 Å². The fourth-order valence-electron chi connectivity index (χ4n) is 3.88. The van der Waals surface area contributed by atoms with Gasteiger partial charge in [0.05, 0.1) is 31.0 Å². The number of rotatable bonds is 8. The van der Waals surface area contributed by atoms with Crippen molar-refractivity contribution in [1.29, 1.82) is 0 Å². The number of carbonyl (C=O) groups is 2. The zero-order valence-corrected chi connectivity index (χ0v) is 18.2. The quantitative estimate of drug-likeness (QED) is 0.223. The first-order chi connectivity index (χ1) is 16.0. The molecule has 1 unspecified atom stereocenters. The minimum Gasteiger partial charge on any atom is -0.508 e. The van der Waals surface area contributed by atoms with Crippen LogP contribution in [-0.2, 0) is 16.1 Å². The average molecular weight is 447 g/mol. The van der Waals surface area contributed by atoms with Crippen molar-refractivity contribution in [2.24, 2.45) is 0 Å². The van der Waals surface area contributed by atoms with E-state index in [1.54, 1.807) is 48.5 Å². The number of furan rings is 1. The molecule has 1 aliphatic heterocycles. The third-order valence-corrected chi connectivity index (χ3v) is 5.51. The number of amides is 1. The molecule has 1 aliphatic rings. The highest BCUT2D eigenvalue weighted by Gasteiger charge is 2.46. The van der Waals surface area contributed by atoms with Gasteiger partial charge in [0.15, 0.2) is 0 Å². The zero-order valence-electron chi connectivity index (χ0n) is 18.2. The Hall–Kier alpha value is -4.00. The molecular weight excluding hydrogens is 422 g/mol. The Morgan fingerprint density at radius 1 is 1.09 bits per heavy atom. The van der Waals surface area contributed by atoms with E-state index >= 15 is 0 Å². The Morgan fingerprint density at radius 3 is 2.64 bits per heavy atom. The summed E-state index contributed by atoms with van der Waals surface area (Å²) in [4.78, 5) is 27.4. The maximum Gasteiger partial charge on any atom is 0.296 e. The van der Waals surface area contributed by atoms with Crippen molar-refractivity contribution in [3.63, 3.8) is 0 Å². The number of aliphatic hydroxyl groups is 1. The van der Waals surface area contributed by atoms with Crippen molar-refractivity contribution in [2.45, 2.75) is 32.4 Å². The number of nitrogens with zero attached hydrogens (tertiary/aromatic N) is 1. The maximum atomic E-state index is 13.1. The highest BCUT2D eigenvalue weighted by Crippen LogP contribution is 2.41. The molecule has 170 valence electrons. The summed E-state index contributed by atoms with van der Waals surface area (Å²) in [5, 5.41) is 21.2. The Bertz CT molecular complexity index is 1180. The molecule has 33 heavy (non-hydrogen) atoms. The standard InChI is InChI=1S/C26H25NO6/c1-2-3-12-32-20-10-5-8-18(15-20)24(29)22-23(17-7-4-9-19(28)14-17)27(26(31)25(22)30)16-21-11-6-13-33-21/h4-11,13-15,23,28-29H,2-3,12,16H2,1H3/b24-22+. The predicted octanol–water partition coefficient (Wildman–Crippen LogP) is 4.79. The number of ether oxygens (including phenoxy) is 1. The van der Waals surface area contributed by atoms with Crippen LogP contribution in [0.4, 0.5) is 0 Å². The predicted molar refractivity (Wildman–Crippen MR) is 122 cm³/mol. The lowest BCUT2D eigenvalue weighted by Crippen LogP contribution is -2.29. The molecule has 7 nitrogen and oxygen atoms in total. The molecule has 1 amide bonds. The van der Waals surface area contributed by atoms with Crippen LogP contribution in [0, 0.1) is 0 Å². The largest absolute Gasteiger partial charge is 0.508 e. The van der Waals surface area contributed by atoms with Crippen molar-refractivity contribution < 1.29 is 29.0 Å². The van der Waals surface area contributed by atoms with E-state index in [-0.39, 0.29) is 23.6 Å². The molecule has 1 fully saturated rings. The van der Waals surface area contributed by atoms with Crippen LogP contribution in [0.15, 0.2) is 76.9 Å². The van der Waals surface area contributed by atoms with E-state index in [1.807, 2.05) is 0 Å². The number of benzene rings is 2. The molecule has 2 heterocycles. The van der Waals surface area contributed by atoms with Crippen LogP contribution in [0.5, 0.6) is 11.5 Å². The van der Waals surface area contributed by atoms with Crippen molar-refractivity contribution in [3.8, 4) is 11.5 Å². The summed E-state index contributed by atoms with van der Waals surface area (Å²) in [5.41, 5.74) is 0.811. The van der Waals surface area contributed by atoms with E-state index < -0.39 is 17.7 Å². The highest BCUT2D eigenvalue weighted by atomic mass is 16.5. The molecule has 0 saturated carbocycles. The lowest BCUT2D eigenvalue weighted by atomic mass is 9.95. The molecule has 0 bridgehead atoms. The molecule has 3 aromatic rings. The molecule has 0 spiro atoms. The number of aliphatic hydroxyl groups excluding tert-OH is 1. The number of aromatic hydroxyl groups is 1. The van der Waals surface area contributed by atoms with Crippen LogP contribution in [0.2, 0.25) is 0 Å². The number of carbonyl (C=O) groups excluding carboxylic acids is 2. The Morgan fingerprint density at radius 2 is 1.91 bits per heavy atom. The van der Waals surface area contributed by atoms with Gasteiger partial charge in [0.1, 0.15) is 23.0 Å². The van der Waals surface area contributed by atoms with Crippen LogP contribution in [0.1, 0.15) is 42.7 Å². The molecule has 7 heteroatoms. The van der Waals surface area contributed by atoms with Crippen LogP contribution in [0.25, 0.3) is 5.76 Å². The number of hydrogen-bond acceptors (Lipinski definition) is 6. The third-order valence-electron chi connectivity index (χ3n) is 5.51. The van der Waals surface area contributed by atoms with Gasteiger partial charge in [0, 0.05) is 5.56 Å². The van der Waals surface area contributed by atoms with Crippen LogP contribution in [-0.4, -0.2) is 33.4 Å². The minimum absolute atomic E-state index is 0.0117. The number of Topliss-reactive ketones (excluding diaryl/α,β-unsaturated/α-hetero) is 1. The smallest absolute Gasteiger partial charge is 0.296 e. The fourth-order valence-corrected chi connectivity index (χ4v) is 3.88. The minimum atomic E-state index is -0.896. The second-order valence-corrected chi connectivity index (χ2v) is 7.83. The molecule has 2 aromatic carbocycles. The number of phenolic OH excluding ortho intramolecular Hbond substituents is 1. The van der Waals surface area contributed by atoms with Gasteiger partial charge in [-0.15, -0.1) is 0 Å². The summed E-state index contributed by atoms with van der Waals surface area (Å²) in [5.74, 6) is -0.812.